The molecule has 0 amide bonds. The largest absolute Gasteiger partial charge is 0.313 e. The Kier molecular flexibility index (Phi) is 17.6. The quantitative estimate of drug-likeness (QED) is 0.151. The monoisotopic (exact) mass is 580 g/mol. The van der Waals surface area contributed by atoms with Crippen LogP contribution in [0.2, 0.25) is 0 Å². The van der Waals surface area contributed by atoms with E-state index in [2.05, 4.69) is 14.2 Å². The highest BCUT2D eigenvalue weighted by molar-refractivity contribution is 8.24. The summed E-state index contributed by atoms with van der Waals surface area (Å²) in [6.07, 6.45) is 3.50. The highest BCUT2D eigenvalue weighted by Crippen LogP contribution is 2.35. The minimum absolute atomic E-state index is 0.0356. The third-order valence-electron chi connectivity index (χ3n) is 5.59. The van der Waals surface area contributed by atoms with Crippen molar-refractivity contribution in [2.75, 3.05) is 19.6 Å². The lowest BCUT2D eigenvalue weighted by atomic mass is 10.2. The lowest BCUT2D eigenvalue weighted by Gasteiger charge is -2.32. The molecule has 212 valence electrons. The van der Waals surface area contributed by atoms with Gasteiger partial charge in [-0.2, -0.15) is 15.8 Å². The molecule has 0 aromatic carbocycles. The van der Waals surface area contributed by atoms with Gasteiger partial charge < -0.3 is 0 Å². The van der Waals surface area contributed by atoms with Gasteiger partial charge in [0, 0.05) is 45.3 Å². The average molecular weight is 581 g/mol. The van der Waals surface area contributed by atoms with Crippen LogP contribution in [-0.4, -0.2) is 48.3 Å². The first-order chi connectivity index (χ1) is 17.5. The van der Waals surface area contributed by atoms with Gasteiger partial charge >= 0.3 is 3.41 Å². The number of sulfonamides is 3. The molecule has 0 radical (unpaired) electrons. The minimum Gasteiger partial charge on any atom is -0.213 e. The molecule has 0 heterocycles. The summed E-state index contributed by atoms with van der Waals surface area (Å²) in [7, 11) is -15.0. The van der Waals surface area contributed by atoms with Crippen molar-refractivity contribution in [2.45, 2.75) is 100 Å². The fourth-order valence-electron chi connectivity index (χ4n) is 3.54. The highest BCUT2D eigenvalue weighted by atomic mass is 32.3. The second-order valence-corrected chi connectivity index (χ2v) is 15.3. The van der Waals surface area contributed by atoms with Gasteiger partial charge in [0.05, 0.1) is 18.2 Å². The summed E-state index contributed by atoms with van der Waals surface area (Å²) in [5.74, 6) is 0. The molecule has 0 atom stereocenters. The molecule has 0 rings (SSSR count). The van der Waals surface area contributed by atoms with Crippen LogP contribution in [0.4, 0.5) is 0 Å². The number of rotatable bonds is 23. The number of unbranched alkanes of at least 4 members (excludes halogenated alkanes) is 9. The first kappa shape index (κ1) is 35.2. The SMILES string of the molecule is CCCCCCC(S(=O)(=O)NCCCCC#N)(S(=O)(=O)NCCCCC#N)S(=O)(=O)NCCCCC#N. The first-order valence-corrected chi connectivity index (χ1v) is 17.0. The zero-order valence-corrected chi connectivity index (χ0v) is 24.0. The summed E-state index contributed by atoms with van der Waals surface area (Å²) in [5, 5.41) is 26.0. The smallest absolute Gasteiger partial charge is 0.213 e. The maximum absolute atomic E-state index is 13.6. The minimum atomic E-state index is -5.01. The maximum Gasteiger partial charge on any atom is 0.313 e. The van der Waals surface area contributed by atoms with E-state index in [9.17, 15) is 25.3 Å². The molecule has 0 unspecified atom stereocenters. The molecule has 0 spiro atoms. The molecular weight excluding hydrogens is 540 g/mol. The fourth-order valence-corrected chi connectivity index (χ4v) is 11.2. The van der Waals surface area contributed by atoms with Crippen molar-refractivity contribution in [1.82, 2.24) is 14.2 Å². The topological polar surface area (TPSA) is 210 Å². The van der Waals surface area contributed by atoms with Gasteiger partial charge in [-0.1, -0.05) is 26.2 Å². The van der Waals surface area contributed by atoms with Gasteiger partial charge in [0.15, 0.2) is 0 Å². The van der Waals surface area contributed by atoms with Crippen LogP contribution in [0, 0.1) is 34.0 Å². The van der Waals surface area contributed by atoms with Crippen LogP contribution < -0.4 is 14.2 Å². The standard InChI is InChI=1S/C22H40N6O6S3/c1-2-3-4-8-15-22(35(29,30)26-19-12-5-9-16-23,36(31,32)27-20-13-6-10-17-24)37(33,34)28-21-14-7-11-18-25/h26-28H,2-15,19-21H2,1H3. The molecule has 0 aromatic heterocycles. The Morgan fingerprint density at radius 2 is 0.892 bits per heavy atom. The zero-order chi connectivity index (χ0) is 28.3. The van der Waals surface area contributed by atoms with E-state index in [1.807, 2.05) is 25.1 Å². The van der Waals surface area contributed by atoms with Crippen LogP contribution in [0.1, 0.15) is 96.8 Å². The Labute approximate surface area is 223 Å². The van der Waals surface area contributed by atoms with E-state index in [4.69, 9.17) is 15.8 Å². The molecule has 0 aliphatic carbocycles. The van der Waals surface area contributed by atoms with Gasteiger partial charge in [-0.05, 0) is 44.9 Å². The van der Waals surface area contributed by atoms with E-state index >= 15 is 0 Å². The van der Waals surface area contributed by atoms with Gasteiger partial charge in [-0.3, -0.25) is 0 Å². The summed E-state index contributed by atoms with van der Waals surface area (Å²) in [6.45, 7) is 1.23. The molecule has 0 bridgehead atoms. The van der Waals surface area contributed by atoms with Crippen molar-refractivity contribution in [3.05, 3.63) is 0 Å². The zero-order valence-electron chi connectivity index (χ0n) is 21.5. The average Bonchev–Trinajstić information content (AvgIpc) is 2.83. The molecule has 0 aliphatic heterocycles. The van der Waals surface area contributed by atoms with Gasteiger partial charge in [-0.25, -0.2) is 39.4 Å². The predicted molar refractivity (Wildman–Crippen MR) is 141 cm³/mol. The van der Waals surface area contributed by atoms with Crippen molar-refractivity contribution in [3.63, 3.8) is 0 Å². The summed E-state index contributed by atoms with van der Waals surface area (Å²) < 4.78 is 85.0. The lowest BCUT2D eigenvalue weighted by Crippen LogP contribution is -2.63. The number of hydrogen-bond donors (Lipinski definition) is 3. The predicted octanol–water partition coefficient (Wildman–Crippen LogP) is 2.45. The van der Waals surface area contributed by atoms with Crippen molar-refractivity contribution < 1.29 is 25.3 Å². The van der Waals surface area contributed by atoms with Crippen LogP contribution >= 0.6 is 0 Å². The second-order valence-electron chi connectivity index (χ2n) is 8.53. The summed E-state index contributed by atoms with van der Waals surface area (Å²) in [5.41, 5.74) is 0. The fraction of sp³-hybridized carbons (Fsp3) is 0.864. The van der Waals surface area contributed by atoms with Gasteiger partial charge in [0.2, 0.25) is 30.1 Å². The second kappa shape index (κ2) is 18.5. The van der Waals surface area contributed by atoms with E-state index in [1.54, 1.807) is 0 Å². The van der Waals surface area contributed by atoms with Crippen LogP contribution in [0.15, 0.2) is 0 Å². The molecule has 12 nitrogen and oxygen atoms in total. The molecular formula is C22H40N6O6S3. The highest BCUT2D eigenvalue weighted by Gasteiger charge is 2.64. The van der Waals surface area contributed by atoms with Gasteiger partial charge in [0.1, 0.15) is 0 Å². The summed E-state index contributed by atoms with van der Waals surface area (Å²) in [4.78, 5) is 0. The number of nitrogens with zero attached hydrogens (tertiary/aromatic N) is 3. The molecule has 0 aromatic rings. The normalized spacial score (nSPS) is 12.5. The Morgan fingerprint density at radius 3 is 1.19 bits per heavy atom. The van der Waals surface area contributed by atoms with Crippen molar-refractivity contribution >= 4 is 30.1 Å². The van der Waals surface area contributed by atoms with E-state index in [1.165, 1.54) is 0 Å². The van der Waals surface area contributed by atoms with E-state index in [0.717, 1.165) is 6.42 Å². The lowest BCUT2D eigenvalue weighted by molar-refractivity contribution is 0.508. The first-order valence-electron chi connectivity index (χ1n) is 12.6. The molecule has 0 saturated carbocycles. The van der Waals surface area contributed by atoms with Crippen LogP contribution in [-0.2, 0) is 30.1 Å². The van der Waals surface area contributed by atoms with Crippen LogP contribution in [0.3, 0.4) is 0 Å². The van der Waals surface area contributed by atoms with E-state index in [-0.39, 0.29) is 64.6 Å². The Balaban J connectivity index is 6.39. The molecule has 37 heavy (non-hydrogen) atoms. The van der Waals surface area contributed by atoms with Crippen molar-refractivity contribution in [1.29, 1.82) is 15.8 Å². The molecule has 0 fully saturated rings. The van der Waals surface area contributed by atoms with E-state index in [0.29, 0.717) is 32.1 Å². The van der Waals surface area contributed by atoms with E-state index < -0.39 is 39.9 Å². The van der Waals surface area contributed by atoms with Crippen LogP contribution in [0.5, 0.6) is 0 Å². The summed E-state index contributed by atoms with van der Waals surface area (Å²) >= 11 is 0. The Bertz CT molecular complexity index is 972. The number of nitriles is 3. The molecule has 0 aliphatic rings. The summed E-state index contributed by atoms with van der Waals surface area (Å²) in [6, 6.07) is 5.79. The number of hydrogen-bond acceptors (Lipinski definition) is 9. The van der Waals surface area contributed by atoms with Crippen molar-refractivity contribution in [2.24, 2.45) is 0 Å². The van der Waals surface area contributed by atoms with Crippen molar-refractivity contribution in [3.8, 4) is 18.2 Å². The number of nitrogens with one attached hydrogen (secondary N) is 3. The third-order valence-corrected chi connectivity index (χ3v) is 14.4. The Hall–Kier alpha value is -1.80. The molecule has 15 heteroatoms. The van der Waals surface area contributed by atoms with Gasteiger partial charge in [-0.15, -0.1) is 0 Å². The maximum atomic E-state index is 13.6. The Morgan fingerprint density at radius 1 is 0.541 bits per heavy atom. The van der Waals surface area contributed by atoms with Gasteiger partial charge in [0.25, 0.3) is 0 Å². The molecule has 0 saturated heterocycles. The van der Waals surface area contributed by atoms with Crippen LogP contribution in [0.25, 0.3) is 0 Å². The molecule has 3 N–H and O–H groups in total. The third kappa shape index (κ3) is 11.2.